The Kier molecular flexibility index (Phi) is 3.04. The van der Waals surface area contributed by atoms with Gasteiger partial charge in [0, 0.05) is 13.1 Å². The van der Waals surface area contributed by atoms with E-state index >= 15 is 0 Å². The molecule has 0 aliphatic carbocycles. The van der Waals surface area contributed by atoms with Gasteiger partial charge in [-0.15, -0.1) is 0 Å². The number of likely N-dealkylation sites (N-methyl/N-ethyl adjacent to an activating group) is 1. The molecule has 2 aliphatic heterocycles. The maximum atomic E-state index is 6.02. The van der Waals surface area contributed by atoms with Crippen molar-refractivity contribution in [2.24, 2.45) is 0 Å². The fourth-order valence-corrected chi connectivity index (χ4v) is 2.94. The van der Waals surface area contributed by atoms with E-state index in [1.54, 1.807) is 0 Å². The van der Waals surface area contributed by atoms with Gasteiger partial charge in [0.25, 0.3) is 0 Å². The monoisotopic (exact) mass is 246 g/mol. The maximum Gasteiger partial charge on any atom is 0.119 e. The zero-order valence-electron chi connectivity index (χ0n) is 11.3. The van der Waals surface area contributed by atoms with Gasteiger partial charge < -0.3 is 10.1 Å². The summed E-state index contributed by atoms with van der Waals surface area (Å²) in [6.07, 6.45) is 2.51. The number of benzene rings is 1. The summed E-state index contributed by atoms with van der Waals surface area (Å²) in [5.74, 6) is 1.01. The van der Waals surface area contributed by atoms with Crippen molar-refractivity contribution in [2.75, 3.05) is 20.2 Å². The van der Waals surface area contributed by atoms with Crippen LogP contribution in [0.3, 0.4) is 0 Å². The largest absolute Gasteiger partial charge is 0.492 e. The molecule has 2 aliphatic rings. The zero-order chi connectivity index (χ0) is 12.6. The minimum Gasteiger partial charge on any atom is -0.492 e. The highest BCUT2D eigenvalue weighted by Gasteiger charge is 2.34. The van der Waals surface area contributed by atoms with E-state index in [4.69, 9.17) is 4.74 Å². The Bertz CT molecular complexity index is 446. The molecular weight excluding hydrogens is 224 g/mol. The highest BCUT2D eigenvalue weighted by Crippen LogP contribution is 2.29. The Morgan fingerprint density at radius 3 is 2.94 bits per heavy atom. The van der Waals surface area contributed by atoms with Gasteiger partial charge in [0.15, 0.2) is 0 Å². The quantitative estimate of drug-likeness (QED) is 0.884. The Labute approximate surface area is 109 Å². The Balaban J connectivity index is 1.66. The number of likely N-dealkylation sites (tertiary alicyclic amines) is 1. The molecule has 18 heavy (non-hydrogen) atoms. The highest BCUT2D eigenvalue weighted by molar-refractivity contribution is 5.37. The minimum absolute atomic E-state index is 0.206. The number of fused-ring (bicyclic) bond motifs is 1. The van der Waals surface area contributed by atoms with Crippen molar-refractivity contribution in [3.63, 3.8) is 0 Å². The molecule has 1 fully saturated rings. The van der Waals surface area contributed by atoms with Crippen molar-refractivity contribution in [3.05, 3.63) is 29.3 Å². The van der Waals surface area contributed by atoms with Crippen LogP contribution in [-0.2, 0) is 13.1 Å². The van der Waals surface area contributed by atoms with Gasteiger partial charge in [-0.05, 0) is 56.6 Å². The first-order valence-electron chi connectivity index (χ1n) is 6.84. The second-order valence-electron chi connectivity index (χ2n) is 5.84. The fourth-order valence-electron chi connectivity index (χ4n) is 2.94. The first-order valence-corrected chi connectivity index (χ1v) is 6.84. The average Bonchev–Trinajstić information content (AvgIpc) is 2.95. The van der Waals surface area contributed by atoms with Crippen LogP contribution in [0.25, 0.3) is 0 Å². The molecule has 1 saturated heterocycles. The lowest BCUT2D eigenvalue weighted by Gasteiger charge is -2.32. The molecule has 2 heterocycles. The molecule has 0 radical (unpaired) electrons. The van der Waals surface area contributed by atoms with E-state index < -0.39 is 0 Å². The lowest BCUT2D eigenvalue weighted by Crippen LogP contribution is -2.43. The molecular formula is C15H22N2O. The molecule has 1 aromatic carbocycles. The van der Waals surface area contributed by atoms with E-state index in [0.29, 0.717) is 0 Å². The van der Waals surface area contributed by atoms with Gasteiger partial charge in [0.1, 0.15) is 12.4 Å². The highest BCUT2D eigenvalue weighted by atomic mass is 16.5. The SMILES string of the molecule is CN1CCCC1(C)COc1ccc2c(c1)CNC2. The van der Waals surface area contributed by atoms with Crippen molar-refractivity contribution < 1.29 is 4.74 Å². The molecule has 3 rings (SSSR count). The van der Waals surface area contributed by atoms with E-state index in [2.05, 4.69) is 42.4 Å². The van der Waals surface area contributed by atoms with Crippen LogP contribution >= 0.6 is 0 Å². The predicted molar refractivity (Wildman–Crippen MR) is 72.7 cm³/mol. The van der Waals surface area contributed by atoms with Gasteiger partial charge in [-0.1, -0.05) is 6.07 Å². The van der Waals surface area contributed by atoms with Crippen molar-refractivity contribution in [1.29, 1.82) is 0 Å². The summed E-state index contributed by atoms with van der Waals surface area (Å²) < 4.78 is 6.02. The lowest BCUT2D eigenvalue weighted by molar-refractivity contribution is 0.114. The van der Waals surface area contributed by atoms with Crippen LogP contribution in [0.4, 0.5) is 0 Å². The Morgan fingerprint density at radius 1 is 1.33 bits per heavy atom. The number of ether oxygens (including phenoxy) is 1. The van der Waals surface area contributed by atoms with E-state index in [9.17, 15) is 0 Å². The molecule has 0 bridgehead atoms. The summed E-state index contributed by atoms with van der Waals surface area (Å²) in [7, 11) is 2.20. The average molecular weight is 246 g/mol. The topological polar surface area (TPSA) is 24.5 Å². The number of nitrogens with one attached hydrogen (secondary N) is 1. The van der Waals surface area contributed by atoms with Crippen LogP contribution in [0, 0.1) is 0 Å². The first-order chi connectivity index (χ1) is 8.67. The molecule has 1 N–H and O–H groups in total. The number of hydrogen-bond donors (Lipinski definition) is 1. The molecule has 0 spiro atoms. The third-order valence-electron chi connectivity index (χ3n) is 4.49. The molecule has 98 valence electrons. The van der Waals surface area contributed by atoms with Crippen molar-refractivity contribution >= 4 is 0 Å². The second kappa shape index (κ2) is 4.56. The zero-order valence-corrected chi connectivity index (χ0v) is 11.3. The third-order valence-corrected chi connectivity index (χ3v) is 4.49. The van der Waals surface area contributed by atoms with Gasteiger partial charge in [-0.2, -0.15) is 0 Å². The minimum atomic E-state index is 0.206. The van der Waals surface area contributed by atoms with Crippen LogP contribution in [0.5, 0.6) is 5.75 Å². The maximum absolute atomic E-state index is 6.02. The summed E-state index contributed by atoms with van der Waals surface area (Å²) in [6, 6.07) is 6.48. The first kappa shape index (κ1) is 12.0. The number of rotatable bonds is 3. The van der Waals surface area contributed by atoms with Gasteiger partial charge in [0.05, 0.1) is 5.54 Å². The lowest BCUT2D eigenvalue weighted by atomic mass is 10.0. The number of nitrogens with zero attached hydrogens (tertiary/aromatic N) is 1. The van der Waals surface area contributed by atoms with Crippen LogP contribution in [0.15, 0.2) is 18.2 Å². The molecule has 0 amide bonds. The standard InChI is InChI=1S/C15H22N2O/c1-15(6-3-7-17(15)2)11-18-14-5-4-12-9-16-10-13(12)8-14/h4-5,8,16H,3,6-7,9-11H2,1-2H3. The summed E-state index contributed by atoms with van der Waals surface area (Å²) in [4.78, 5) is 2.42. The van der Waals surface area contributed by atoms with E-state index in [0.717, 1.165) is 25.4 Å². The normalized spacial score (nSPS) is 27.4. The number of hydrogen-bond acceptors (Lipinski definition) is 3. The molecule has 0 saturated carbocycles. The smallest absolute Gasteiger partial charge is 0.119 e. The fraction of sp³-hybridized carbons (Fsp3) is 0.600. The molecule has 3 nitrogen and oxygen atoms in total. The van der Waals surface area contributed by atoms with Gasteiger partial charge in [0.2, 0.25) is 0 Å². The van der Waals surface area contributed by atoms with Crippen LogP contribution in [-0.4, -0.2) is 30.6 Å². The summed E-state index contributed by atoms with van der Waals surface area (Å²) in [6.45, 7) is 6.25. The van der Waals surface area contributed by atoms with E-state index in [1.165, 1.54) is 30.5 Å². The summed E-state index contributed by atoms with van der Waals surface area (Å²) >= 11 is 0. The van der Waals surface area contributed by atoms with Crippen molar-refractivity contribution in [3.8, 4) is 5.75 Å². The van der Waals surface area contributed by atoms with E-state index in [-0.39, 0.29) is 5.54 Å². The van der Waals surface area contributed by atoms with Gasteiger partial charge in [-0.3, -0.25) is 4.90 Å². The molecule has 1 atom stereocenters. The molecule has 1 unspecified atom stereocenters. The van der Waals surface area contributed by atoms with Crippen molar-refractivity contribution in [2.45, 2.75) is 38.4 Å². The van der Waals surface area contributed by atoms with Crippen molar-refractivity contribution in [1.82, 2.24) is 10.2 Å². The Hall–Kier alpha value is -1.06. The van der Waals surface area contributed by atoms with Crippen LogP contribution < -0.4 is 10.1 Å². The summed E-state index contributed by atoms with van der Waals surface area (Å²) in [5, 5.41) is 3.36. The van der Waals surface area contributed by atoms with Crippen LogP contribution in [0.1, 0.15) is 30.9 Å². The molecule has 3 heteroatoms. The molecule has 1 aromatic rings. The predicted octanol–water partition coefficient (Wildman–Crippen LogP) is 2.15. The second-order valence-corrected chi connectivity index (χ2v) is 5.84. The van der Waals surface area contributed by atoms with E-state index in [1.807, 2.05) is 0 Å². The third kappa shape index (κ3) is 2.13. The summed E-state index contributed by atoms with van der Waals surface area (Å²) in [5.41, 5.74) is 3.00. The van der Waals surface area contributed by atoms with Gasteiger partial charge in [-0.25, -0.2) is 0 Å². The van der Waals surface area contributed by atoms with Crippen LogP contribution in [0.2, 0.25) is 0 Å². The van der Waals surface area contributed by atoms with Gasteiger partial charge >= 0.3 is 0 Å². The molecule has 0 aromatic heterocycles. The Morgan fingerprint density at radius 2 is 2.17 bits per heavy atom.